The van der Waals surface area contributed by atoms with Crippen LogP contribution in [0.4, 0.5) is 0 Å². The van der Waals surface area contributed by atoms with Crippen LogP contribution in [0.25, 0.3) is 111 Å². The first kappa shape index (κ1) is 33.8. The predicted octanol–water partition coefficient (Wildman–Crippen LogP) is 13.8. The molecule has 1 aliphatic carbocycles. The normalized spacial score (nSPS) is 13.9. The van der Waals surface area contributed by atoms with Crippen LogP contribution in [0.2, 0.25) is 0 Å². The average molecular weight is 782 g/mol. The molecule has 6 nitrogen and oxygen atoms in total. The zero-order chi connectivity index (χ0) is 40.0. The molecule has 0 fully saturated rings. The number of benzene rings is 8. The number of para-hydroxylation sites is 3. The fourth-order valence-electron chi connectivity index (χ4n) is 9.91. The van der Waals surface area contributed by atoms with Crippen LogP contribution < -0.4 is 0 Å². The van der Waals surface area contributed by atoms with Crippen molar-refractivity contribution in [2.24, 2.45) is 0 Å². The standard InChI is InChI=1S/C55H35N5O/c1-4-16-34(17-5-1)53-56-54(35-18-6-2-7-19-35)58-55(57-53)42-33-49-50(39-23-11-10-22-38(39)42)43-32-37(28-31-48(43)61-49)60-45-27-15-13-25-41(45)52-47(60)30-29-46-51(52)40-24-12-14-26-44(40)59(46)36-20-8-3-9-21-36/h1-31,33,37H,32H2. The molecule has 0 radical (unpaired) electrons. The number of aromatic nitrogens is 5. The second kappa shape index (κ2) is 13.2. The van der Waals surface area contributed by atoms with E-state index in [0.29, 0.717) is 17.5 Å². The summed E-state index contributed by atoms with van der Waals surface area (Å²) < 4.78 is 11.8. The number of hydrogen-bond acceptors (Lipinski definition) is 4. The van der Waals surface area contributed by atoms with Crippen molar-refractivity contribution in [3.63, 3.8) is 0 Å². The minimum Gasteiger partial charge on any atom is -0.456 e. The van der Waals surface area contributed by atoms with Gasteiger partial charge in [-0.25, -0.2) is 15.0 Å². The van der Waals surface area contributed by atoms with Gasteiger partial charge >= 0.3 is 0 Å². The molecular weight excluding hydrogens is 747 g/mol. The van der Waals surface area contributed by atoms with Crippen molar-refractivity contribution in [3.05, 3.63) is 199 Å². The molecule has 0 N–H and O–H groups in total. The van der Waals surface area contributed by atoms with E-state index in [1.165, 1.54) is 49.2 Å². The number of hydrogen-bond donors (Lipinski definition) is 0. The SMILES string of the molecule is C1=CC(n2c3ccccc3c3c4c5ccccc5n(-c5ccccc5)c4ccc32)Cc2c1oc1cc(-c3nc(-c4ccccc4)nc(-c4ccccc4)n3)c3ccccc3c21. The zero-order valence-corrected chi connectivity index (χ0v) is 32.9. The van der Waals surface area contributed by atoms with E-state index in [0.717, 1.165) is 56.3 Å². The van der Waals surface area contributed by atoms with E-state index in [2.05, 4.69) is 143 Å². The van der Waals surface area contributed by atoms with Gasteiger partial charge in [0.25, 0.3) is 0 Å². The maximum absolute atomic E-state index is 6.81. The lowest BCUT2D eigenvalue weighted by molar-refractivity contribution is 0.572. The highest BCUT2D eigenvalue weighted by Gasteiger charge is 2.28. The molecule has 0 aliphatic heterocycles. The number of fused-ring (bicyclic) bond motifs is 12. The Morgan fingerprint density at radius 3 is 1.70 bits per heavy atom. The van der Waals surface area contributed by atoms with Crippen molar-refractivity contribution in [2.75, 3.05) is 0 Å². The van der Waals surface area contributed by atoms with Crippen LogP contribution in [0.3, 0.4) is 0 Å². The summed E-state index contributed by atoms with van der Waals surface area (Å²) in [5.74, 6) is 2.77. The average Bonchev–Trinajstić information content (AvgIpc) is 3.99. The summed E-state index contributed by atoms with van der Waals surface area (Å²) in [6, 6.07) is 64.1. The highest BCUT2D eigenvalue weighted by Crippen LogP contribution is 2.46. The fourth-order valence-corrected chi connectivity index (χ4v) is 9.91. The lowest BCUT2D eigenvalue weighted by atomic mass is 9.92. The summed E-state index contributed by atoms with van der Waals surface area (Å²) in [6.07, 6.45) is 5.28. The number of furan rings is 1. The van der Waals surface area contributed by atoms with E-state index in [1.807, 2.05) is 60.7 Å². The molecule has 1 unspecified atom stereocenters. The molecule has 6 heteroatoms. The third-order valence-electron chi connectivity index (χ3n) is 12.5. The molecule has 0 saturated heterocycles. The van der Waals surface area contributed by atoms with Crippen LogP contribution in [-0.2, 0) is 6.42 Å². The molecule has 1 atom stereocenters. The largest absolute Gasteiger partial charge is 0.456 e. The Hall–Kier alpha value is -8.09. The van der Waals surface area contributed by atoms with E-state index >= 15 is 0 Å². The third-order valence-corrected chi connectivity index (χ3v) is 12.5. The number of allylic oxidation sites excluding steroid dienone is 1. The minimum atomic E-state index is 0.0551. The van der Waals surface area contributed by atoms with Gasteiger partial charge in [-0.3, -0.25) is 0 Å². The molecule has 13 rings (SSSR count). The van der Waals surface area contributed by atoms with Gasteiger partial charge in [-0.15, -0.1) is 0 Å². The van der Waals surface area contributed by atoms with Gasteiger partial charge in [-0.1, -0.05) is 146 Å². The lowest BCUT2D eigenvalue weighted by Crippen LogP contribution is -2.12. The highest BCUT2D eigenvalue weighted by molar-refractivity contribution is 6.28. The molecule has 4 aromatic heterocycles. The van der Waals surface area contributed by atoms with Gasteiger partial charge in [0.2, 0.25) is 0 Å². The summed E-state index contributed by atoms with van der Waals surface area (Å²) in [5, 5.41) is 8.41. The molecule has 12 aromatic rings. The molecule has 0 saturated carbocycles. The summed E-state index contributed by atoms with van der Waals surface area (Å²) in [4.78, 5) is 15.2. The van der Waals surface area contributed by atoms with Gasteiger partial charge in [-0.2, -0.15) is 0 Å². The number of rotatable bonds is 5. The van der Waals surface area contributed by atoms with Crippen molar-refractivity contribution >= 4 is 71.4 Å². The maximum atomic E-state index is 6.81. The van der Waals surface area contributed by atoms with E-state index in [-0.39, 0.29) is 6.04 Å². The van der Waals surface area contributed by atoms with Gasteiger partial charge in [0, 0.05) is 66.8 Å². The van der Waals surface area contributed by atoms with Crippen molar-refractivity contribution in [3.8, 4) is 39.9 Å². The topological polar surface area (TPSA) is 61.7 Å². The Morgan fingerprint density at radius 2 is 1.00 bits per heavy atom. The quantitative estimate of drug-likeness (QED) is 0.174. The summed E-state index contributed by atoms with van der Waals surface area (Å²) >= 11 is 0. The second-order valence-electron chi connectivity index (χ2n) is 15.9. The molecular formula is C55H35N5O. The van der Waals surface area contributed by atoms with Crippen molar-refractivity contribution < 1.29 is 4.42 Å². The maximum Gasteiger partial charge on any atom is 0.164 e. The van der Waals surface area contributed by atoms with E-state index in [1.54, 1.807) is 0 Å². The smallest absolute Gasteiger partial charge is 0.164 e. The Kier molecular flexibility index (Phi) is 7.33. The van der Waals surface area contributed by atoms with E-state index in [9.17, 15) is 0 Å². The van der Waals surface area contributed by atoms with Gasteiger partial charge in [0.1, 0.15) is 11.3 Å². The molecule has 0 bridgehead atoms. The second-order valence-corrected chi connectivity index (χ2v) is 15.9. The molecule has 286 valence electrons. The Bertz CT molecular complexity index is 3670. The van der Waals surface area contributed by atoms with Crippen LogP contribution in [0.1, 0.15) is 17.4 Å². The summed E-state index contributed by atoms with van der Waals surface area (Å²) in [7, 11) is 0. The lowest BCUT2D eigenvalue weighted by Gasteiger charge is -2.21. The van der Waals surface area contributed by atoms with Crippen molar-refractivity contribution in [1.82, 2.24) is 24.1 Å². The first-order valence-corrected chi connectivity index (χ1v) is 20.8. The van der Waals surface area contributed by atoms with Gasteiger partial charge in [-0.05, 0) is 59.3 Å². The van der Waals surface area contributed by atoms with Crippen LogP contribution in [0.15, 0.2) is 192 Å². The Morgan fingerprint density at radius 1 is 0.459 bits per heavy atom. The summed E-state index contributed by atoms with van der Waals surface area (Å²) in [6.45, 7) is 0. The summed E-state index contributed by atoms with van der Waals surface area (Å²) in [5.41, 5.74) is 10.8. The fraction of sp³-hybridized carbons (Fsp3) is 0.0364. The van der Waals surface area contributed by atoms with Crippen LogP contribution in [-0.4, -0.2) is 24.1 Å². The zero-order valence-electron chi connectivity index (χ0n) is 32.9. The predicted molar refractivity (Wildman–Crippen MR) is 249 cm³/mol. The van der Waals surface area contributed by atoms with Crippen molar-refractivity contribution in [1.29, 1.82) is 0 Å². The first-order chi connectivity index (χ1) is 30.3. The molecule has 0 spiro atoms. The first-order valence-electron chi connectivity index (χ1n) is 20.8. The number of nitrogens with zero attached hydrogens (tertiary/aromatic N) is 5. The third kappa shape index (κ3) is 5.12. The highest BCUT2D eigenvalue weighted by atomic mass is 16.3. The molecule has 8 aromatic carbocycles. The molecule has 4 heterocycles. The monoisotopic (exact) mass is 781 g/mol. The van der Waals surface area contributed by atoms with E-state index < -0.39 is 0 Å². The Balaban J connectivity index is 0.993. The van der Waals surface area contributed by atoms with Crippen LogP contribution in [0, 0.1) is 0 Å². The molecule has 61 heavy (non-hydrogen) atoms. The van der Waals surface area contributed by atoms with Gasteiger partial charge in [0.15, 0.2) is 17.5 Å². The van der Waals surface area contributed by atoms with Crippen LogP contribution in [0.5, 0.6) is 0 Å². The molecule has 1 aliphatic rings. The van der Waals surface area contributed by atoms with E-state index in [4.69, 9.17) is 19.4 Å². The minimum absolute atomic E-state index is 0.0551. The van der Waals surface area contributed by atoms with Crippen LogP contribution >= 0.6 is 0 Å². The van der Waals surface area contributed by atoms with Crippen molar-refractivity contribution in [2.45, 2.75) is 12.5 Å². The van der Waals surface area contributed by atoms with Gasteiger partial charge in [0.05, 0.1) is 22.6 Å². The molecule has 0 amide bonds. The Labute approximate surface area is 350 Å². The van der Waals surface area contributed by atoms with Gasteiger partial charge < -0.3 is 13.6 Å².